The number of nitrogens with one attached hydrogen (secondary N) is 2. The second-order valence-electron chi connectivity index (χ2n) is 6.86. The summed E-state index contributed by atoms with van der Waals surface area (Å²) in [6, 6.07) is 12.4. The van der Waals surface area contributed by atoms with Crippen LogP contribution in [0.15, 0.2) is 48.7 Å². The van der Waals surface area contributed by atoms with Crippen LogP contribution < -0.4 is 15.5 Å². The van der Waals surface area contributed by atoms with Crippen molar-refractivity contribution < 1.29 is 14.0 Å². The average molecular weight is 380 g/mol. The summed E-state index contributed by atoms with van der Waals surface area (Å²) in [4.78, 5) is 27.3. The summed E-state index contributed by atoms with van der Waals surface area (Å²) in [7, 11) is 0. The molecule has 2 aromatic carbocycles. The molecule has 2 aromatic rings. The fourth-order valence-corrected chi connectivity index (χ4v) is 3.55. The van der Waals surface area contributed by atoms with E-state index < -0.39 is 0 Å². The molecule has 0 unspecified atom stereocenters. The Morgan fingerprint density at radius 2 is 1.89 bits per heavy atom. The number of benzene rings is 2. The zero-order valence-electron chi connectivity index (χ0n) is 15.5. The highest BCUT2D eigenvalue weighted by Crippen LogP contribution is 2.31. The van der Waals surface area contributed by atoms with Gasteiger partial charge in [0.25, 0.3) is 5.91 Å². The molecule has 6 nitrogen and oxygen atoms in total. The lowest BCUT2D eigenvalue weighted by atomic mass is 10.1. The van der Waals surface area contributed by atoms with Crippen LogP contribution in [0.25, 0.3) is 5.57 Å². The molecular formula is C21H21FN4O2. The molecule has 0 atom stereocenters. The van der Waals surface area contributed by atoms with Crippen molar-refractivity contribution in [1.82, 2.24) is 4.90 Å². The topological polar surface area (TPSA) is 64.7 Å². The first kappa shape index (κ1) is 18.0. The highest BCUT2D eigenvalue weighted by molar-refractivity contribution is 6.31. The Labute approximate surface area is 162 Å². The Bertz CT molecular complexity index is 965. The Kier molecular flexibility index (Phi) is 4.73. The molecule has 1 fully saturated rings. The molecule has 2 heterocycles. The van der Waals surface area contributed by atoms with Crippen molar-refractivity contribution in [2.45, 2.75) is 6.92 Å². The van der Waals surface area contributed by atoms with Gasteiger partial charge in [-0.1, -0.05) is 18.2 Å². The van der Waals surface area contributed by atoms with E-state index in [4.69, 9.17) is 0 Å². The maximum Gasteiger partial charge on any atom is 0.257 e. The highest BCUT2D eigenvalue weighted by atomic mass is 19.1. The van der Waals surface area contributed by atoms with E-state index in [0.29, 0.717) is 43.1 Å². The average Bonchev–Trinajstić information content (AvgIpc) is 3.01. The molecule has 0 spiro atoms. The quantitative estimate of drug-likeness (QED) is 0.804. The standard InChI is InChI=1S/C21H21FN4O2/c1-14(27)25-8-10-26(11-9-25)20-7-6-15(12-18(20)22)23-13-17-16-4-2-3-5-19(16)24-21(17)28/h2-7,12-13,23H,8-11H2,1H3,(H,24,28). The van der Waals surface area contributed by atoms with E-state index >= 15 is 0 Å². The summed E-state index contributed by atoms with van der Waals surface area (Å²) in [5, 5.41) is 5.82. The second kappa shape index (κ2) is 7.34. The molecule has 0 radical (unpaired) electrons. The number of amides is 2. The number of anilines is 3. The molecule has 1 saturated heterocycles. The number of nitrogens with zero attached hydrogens (tertiary/aromatic N) is 2. The third-order valence-electron chi connectivity index (χ3n) is 5.11. The molecule has 2 amide bonds. The second-order valence-corrected chi connectivity index (χ2v) is 6.86. The van der Waals surface area contributed by atoms with Crippen molar-refractivity contribution in [3.05, 3.63) is 60.0 Å². The molecule has 0 saturated carbocycles. The zero-order valence-corrected chi connectivity index (χ0v) is 15.5. The van der Waals surface area contributed by atoms with E-state index in [0.717, 1.165) is 11.3 Å². The van der Waals surface area contributed by atoms with Gasteiger partial charge in [-0.3, -0.25) is 9.59 Å². The summed E-state index contributed by atoms with van der Waals surface area (Å²) < 4.78 is 14.6. The van der Waals surface area contributed by atoms with Crippen LogP contribution in [-0.4, -0.2) is 42.9 Å². The van der Waals surface area contributed by atoms with E-state index in [-0.39, 0.29) is 17.6 Å². The summed E-state index contributed by atoms with van der Waals surface area (Å²) in [6.45, 7) is 3.94. The number of rotatable bonds is 3. The number of carbonyl (C=O) groups is 2. The molecule has 144 valence electrons. The third-order valence-corrected chi connectivity index (χ3v) is 5.11. The summed E-state index contributed by atoms with van der Waals surface area (Å²) >= 11 is 0. The fraction of sp³-hybridized carbons (Fsp3) is 0.238. The molecule has 28 heavy (non-hydrogen) atoms. The first-order valence-electron chi connectivity index (χ1n) is 9.20. The molecule has 2 aliphatic heterocycles. The van der Waals surface area contributed by atoms with Crippen LogP contribution >= 0.6 is 0 Å². The van der Waals surface area contributed by atoms with E-state index in [1.807, 2.05) is 29.2 Å². The summed E-state index contributed by atoms with van der Waals surface area (Å²) in [5.41, 5.74) is 3.19. The first-order valence-corrected chi connectivity index (χ1v) is 9.20. The van der Waals surface area contributed by atoms with Crippen molar-refractivity contribution in [3.8, 4) is 0 Å². The lowest BCUT2D eigenvalue weighted by Gasteiger charge is -2.35. The lowest BCUT2D eigenvalue weighted by molar-refractivity contribution is -0.129. The van der Waals surface area contributed by atoms with Crippen LogP contribution in [0.5, 0.6) is 0 Å². The summed E-state index contributed by atoms with van der Waals surface area (Å²) in [5.74, 6) is -0.477. The van der Waals surface area contributed by atoms with Gasteiger partial charge in [0.05, 0.1) is 11.3 Å². The molecule has 0 aliphatic carbocycles. The fourth-order valence-electron chi connectivity index (χ4n) is 3.55. The van der Waals surface area contributed by atoms with Gasteiger partial charge in [-0.15, -0.1) is 0 Å². The van der Waals surface area contributed by atoms with Crippen molar-refractivity contribution in [3.63, 3.8) is 0 Å². The molecule has 4 rings (SSSR count). The Balaban J connectivity index is 1.47. The van der Waals surface area contributed by atoms with Crippen LogP contribution in [0.3, 0.4) is 0 Å². The first-order chi connectivity index (χ1) is 13.5. The normalized spacial score (nSPS) is 17.5. The molecular weight excluding hydrogens is 359 g/mol. The van der Waals surface area contributed by atoms with Gasteiger partial charge in [-0.05, 0) is 24.3 Å². The van der Waals surface area contributed by atoms with E-state index in [1.165, 1.54) is 6.07 Å². The predicted molar refractivity (Wildman–Crippen MR) is 108 cm³/mol. The van der Waals surface area contributed by atoms with Crippen LogP contribution in [-0.2, 0) is 9.59 Å². The summed E-state index contributed by atoms with van der Waals surface area (Å²) in [6.07, 6.45) is 1.60. The number of para-hydroxylation sites is 1. The molecule has 7 heteroatoms. The number of carbonyl (C=O) groups excluding carboxylic acids is 2. The number of fused-ring (bicyclic) bond motifs is 1. The maximum absolute atomic E-state index is 14.6. The molecule has 0 bridgehead atoms. The van der Waals surface area contributed by atoms with E-state index in [9.17, 15) is 14.0 Å². The smallest absolute Gasteiger partial charge is 0.257 e. The lowest BCUT2D eigenvalue weighted by Crippen LogP contribution is -2.48. The highest BCUT2D eigenvalue weighted by Gasteiger charge is 2.24. The molecule has 0 aromatic heterocycles. The van der Waals surface area contributed by atoms with Crippen molar-refractivity contribution >= 4 is 34.4 Å². The van der Waals surface area contributed by atoms with Crippen molar-refractivity contribution in [1.29, 1.82) is 0 Å². The van der Waals surface area contributed by atoms with Crippen molar-refractivity contribution in [2.75, 3.05) is 41.7 Å². The number of hydrogen-bond donors (Lipinski definition) is 2. The van der Waals surface area contributed by atoms with Crippen LogP contribution in [0.1, 0.15) is 12.5 Å². The monoisotopic (exact) mass is 380 g/mol. The number of halogens is 1. The van der Waals surface area contributed by atoms with Gasteiger partial charge in [0.15, 0.2) is 0 Å². The SMILES string of the molecule is CC(=O)N1CCN(c2ccc(NC=C3C(=O)Nc4ccccc43)cc2F)CC1. The minimum absolute atomic E-state index is 0.0465. The largest absolute Gasteiger partial charge is 0.366 e. The minimum atomic E-state index is -0.337. The Hall–Kier alpha value is -3.35. The maximum atomic E-state index is 14.6. The Morgan fingerprint density at radius 3 is 2.61 bits per heavy atom. The van der Waals surface area contributed by atoms with Crippen LogP contribution in [0.4, 0.5) is 21.5 Å². The third kappa shape index (κ3) is 3.43. The molecule has 2 aliphatic rings. The number of hydrogen-bond acceptors (Lipinski definition) is 4. The Morgan fingerprint density at radius 1 is 1.14 bits per heavy atom. The van der Waals surface area contributed by atoms with Gasteiger partial charge in [-0.2, -0.15) is 0 Å². The van der Waals surface area contributed by atoms with Gasteiger partial charge >= 0.3 is 0 Å². The van der Waals surface area contributed by atoms with E-state index in [2.05, 4.69) is 10.6 Å². The van der Waals surface area contributed by atoms with Crippen LogP contribution in [0.2, 0.25) is 0 Å². The molecule has 2 N–H and O–H groups in total. The van der Waals surface area contributed by atoms with Crippen molar-refractivity contribution in [2.24, 2.45) is 0 Å². The van der Waals surface area contributed by atoms with Crippen LogP contribution in [0, 0.1) is 5.82 Å². The van der Waals surface area contributed by atoms with Gasteiger partial charge in [-0.25, -0.2) is 4.39 Å². The van der Waals surface area contributed by atoms with E-state index in [1.54, 1.807) is 30.2 Å². The van der Waals surface area contributed by atoms with Gasteiger partial charge in [0.1, 0.15) is 5.82 Å². The predicted octanol–water partition coefficient (Wildman–Crippen LogP) is 2.90. The van der Waals surface area contributed by atoms with Gasteiger partial charge in [0, 0.05) is 56.2 Å². The van der Waals surface area contributed by atoms with Gasteiger partial charge < -0.3 is 20.4 Å². The number of piperazine rings is 1. The van der Waals surface area contributed by atoms with Gasteiger partial charge in [0.2, 0.25) is 5.91 Å². The minimum Gasteiger partial charge on any atom is -0.366 e. The zero-order chi connectivity index (χ0) is 19.7.